The van der Waals surface area contributed by atoms with Gasteiger partial charge < -0.3 is 15.1 Å². The number of carbonyl (C=O) groups is 1. The average molecular weight is 356 g/mol. The van der Waals surface area contributed by atoms with Crippen molar-refractivity contribution in [3.63, 3.8) is 0 Å². The molecule has 142 valence electrons. The highest BCUT2D eigenvalue weighted by atomic mass is 16.2. The largest absolute Gasteiger partial charge is 0.368 e. The number of allylic oxidation sites excluding steroid dienone is 1. The number of nitrogens with one attached hydrogen (secondary N) is 1. The first-order valence-electron chi connectivity index (χ1n) is 10.2. The molecule has 2 amide bonds. The molecule has 1 aromatic carbocycles. The van der Waals surface area contributed by atoms with Crippen LogP contribution >= 0.6 is 0 Å². The van der Waals surface area contributed by atoms with E-state index in [1.165, 1.54) is 48.1 Å². The molecule has 2 aliphatic rings. The number of amides is 2. The fourth-order valence-electron chi connectivity index (χ4n) is 4.16. The number of benzene rings is 1. The minimum atomic E-state index is 0.0987. The van der Waals surface area contributed by atoms with Crippen LogP contribution in [0, 0.1) is 6.92 Å². The monoisotopic (exact) mass is 355 g/mol. The Labute approximate surface area is 158 Å². The number of aryl methyl sites for hydroxylation is 2. The van der Waals surface area contributed by atoms with E-state index >= 15 is 0 Å². The van der Waals surface area contributed by atoms with Crippen molar-refractivity contribution in [2.24, 2.45) is 0 Å². The van der Waals surface area contributed by atoms with Crippen molar-refractivity contribution in [3.8, 4) is 0 Å². The number of nitrogens with zero attached hydrogens (tertiary/aromatic N) is 2. The fraction of sp³-hybridized carbons (Fsp3) is 0.591. The molecular weight excluding hydrogens is 322 g/mol. The van der Waals surface area contributed by atoms with Crippen LogP contribution in [0.25, 0.3) is 0 Å². The maximum absolute atomic E-state index is 12.4. The first-order chi connectivity index (χ1) is 12.7. The molecule has 0 spiro atoms. The fourth-order valence-corrected chi connectivity index (χ4v) is 4.16. The molecule has 0 bridgehead atoms. The zero-order valence-electron chi connectivity index (χ0n) is 16.4. The highest BCUT2D eigenvalue weighted by Crippen LogP contribution is 2.26. The highest BCUT2D eigenvalue weighted by Gasteiger charge is 2.23. The van der Waals surface area contributed by atoms with Crippen molar-refractivity contribution in [1.82, 2.24) is 10.2 Å². The summed E-state index contributed by atoms with van der Waals surface area (Å²) in [5.41, 5.74) is 5.64. The van der Waals surface area contributed by atoms with E-state index in [1.54, 1.807) is 0 Å². The molecule has 1 saturated heterocycles. The van der Waals surface area contributed by atoms with Gasteiger partial charge in [0.15, 0.2) is 0 Å². The van der Waals surface area contributed by atoms with Crippen LogP contribution in [-0.2, 0) is 6.42 Å². The topological polar surface area (TPSA) is 35.6 Å². The lowest BCUT2D eigenvalue weighted by molar-refractivity contribution is 0.194. The lowest BCUT2D eigenvalue weighted by atomic mass is 9.97. The van der Waals surface area contributed by atoms with Gasteiger partial charge in [-0.2, -0.15) is 0 Å². The number of hydrogen-bond donors (Lipinski definition) is 1. The molecular formula is C22H33N3O. The molecule has 4 nitrogen and oxygen atoms in total. The average Bonchev–Trinajstić information content (AvgIpc) is 2.68. The first kappa shape index (κ1) is 18.8. The third kappa shape index (κ3) is 4.60. The number of carbonyl (C=O) groups excluding carboxylic acids is 1. The van der Waals surface area contributed by atoms with Crippen LogP contribution in [0.3, 0.4) is 0 Å². The second kappa shape index (κ2) is 9.11. The van der Waals surface area contributed by atoms with Crippen molar-refractivity contribution < 1.29 is 4.79 Å². The predicted octanol–water partition coefficient (Wildman–Crippen LogP) is 4.28. The molecule has 1 aliphatic heterocycles. The molecule has 4 heteroatoms. The van der Waals surface area contributed by atoms with Gasteiger partial charge in [-0.1, -0.05) is 36.8 Å². The van der Waals surface area contributed by atoms with Crippen molar-refractivity contribution in [1.29, 1.82) is 0 Å². The number of piperazine rings is 1. The van der Waals surface area contributed by atoms with E-state index in [2.05, 4.69) is 48.3 Å². The summed E-state index contributed by atoms with van der Waals surface area (Å²) in [6.07, 6.45) is 9.47. The summed E-state index contributed by atoms with van der Waals surface area (Å²) in [7, 11) is 0. The van der Waals surface area contributed by atoms with Crippen molar-refractivity contribution in [2.75, 3.05) is 37.6 Å². The Bertz CT molecular complexity index is 645. The molecule has 1 fully saturated rings. The second-order valence-corrected chi connectivity index (χ2v) is 7.50. The third-order valence-electron chi connectivity index (χ3n) is 5.69. The van der Waals surface area contributed by atoms with Crippen molar-refractivity contribution in [3.05, 3.63) is 41.0 Å². The smallest absolute Gasteiger partial charge is 0.317 e. The van der Waals surface area contributed by atoms with Crippen molar-refractivity contribution >= 4 is 11.7 Å². The van der Waals surface area contributed by atoms with E-state index in [9.17, 15) is 4.79 Å². The lowest BCUT2D eigenvalue weighted by Gasteiger charge is -2.37. The molecule has 0 atom stereocenters. The second-order valence-electron chi connectivity index (χ2n) is 7.50. The molecule has 1 heterocycles. The van der Waals surface area contributed by atoms with Gasteiger partial charge in [-0.05, 0) is 56.6 Å². The van der Waals surface area contributed by atoms with Gasteiger partial charge in [0.2, 0.25) is 0 Å². The van der Waals surface area contributed by atoms with Gasteiger partial charge in [-0.25, -0.2) is 4.79 Å². The van der Waals surface area contributed by atoms with Crippen LogP contribution in [0.4, 0.5) is 10.5 Å². The maximum atomic E-state index is 12.4. The number of para-hydroxylation sites is 1. The minimum absolute atomic E-state index is 0.0987. The number of urea groups is 1. The van der Waals surface area contributed by atoms with Gasteiger partial charge >= 0.3 is 6.03 Å². The van der Waals surface area contributed by atoms with Crippen molar-refractivity contribution in [2.45, 2.75) is 52.4 Å². The summed E-state index contributed by atoms with van der Waals surface area (Å²) in [5.74, 6) is 0. The van der Waals surface area contributed by atoms with Gasteiger partial charge in [-0.3, -0.25) is 0 Å². The molecule has 1 N–H and O–H groups in total. The minimum Gasteiger partial charge on any atom is -0.368 e. The van der Waals surface area contributed by atoms with E-state index in [0.717, 1.165) is 45.6 Å². The zero-order valence-corrected chi connectivity index (χ0v) is 16.4. The van der Waals surface area contributed by atoms with Crippen LogP contribution in [0.2, 0.25) is 0 Å². The Morgan fingerprint density at radius 3 is 2.65 bits per heavy atom. The summed E-state index contributed by atoms with van der Waals surface area (Å²) >= 11 is 0. The lowest BCUT2D eigenvalue weighted by Crippen LogP contribution is -2.52. The predicted molar refractivity (Wildman–Crippen MR) is 109 cm³/mol. The number of anilines is 1. The molecule has 26 heavy (non-hydrogen) atoms. The van der Waals surface area contributed by atoms with E-state index < -0.39 is 0 Å². The molecule has 0 saturated carbocycles. The molecule has 1 aromatic rings. The quantitative estimate of drug-likeness (QED) is 0.800. The van der Waals surface area contributed by atoms with Gasteiger partial charge in [-0.15, -0.1) is 0 Å². The first-order valence-corrected chi connectivity index (χ1v) is 10.2. The summed E-state index contributed by atoms with van der Waals surface area (Å²) in [6, 6.07) is 6.65. The molecule has 3 rings (SSSR count). The van der Waals surface area contributed by atoms with E-state index in [-0.39, 0.29) is 6.03 Å². The standard InChI is InChI=1S/C22H33N3O/c1-3-20-11-7-8-18(2)21(20)24-14-16-25(17-15-24)22(26)23-13-12-19-9-5-4-6-10-19/h7-9,11H,3-6,10,12-17H2,1-2H3,(H,23,26). The normalized spacial score (nSPS) is 17.8. The Morgan fingerprint density at radius 1 is 1.15 bits per heavy atom. The third-order valence-corrected chi connectivity index (χ3v) is 5.69. The summed E-state index contributed by atoms with van der Waals surface area (Å²) in [4.78, 5) is 16.9. The highest BCUT2D eigenvalue weighted by molar-refractivity contribution is 5.74. The molecule has 0 aromatic heterocycles. The van der Waals surface area contributed by atoms with Gasteiger partial charge in [0.1, 0.15) is 0 Å². The Kier molecular flexibility index (Phi) is 6.59. The van der Waals surface area contributed by atoms with Crippen LogP contribution in [0.5, 0.6) is 0 Å². The van der Waals surface area contributed by atoms with Crippen LogP contribution in [0.15, 0.2) is 29.8 Å². The number of rotatable bonds is 5. The number of hydrogen-bond acceptors (Lipinski definition) is 2. The Morgan fingerprint density at radius 2 is 1.96 bits per heavy atom. The maximum Gasteiger partial charge on any atom is 0.317 e. The van der Waals surface area contributed by atoms with E-state index in [0.29, 0.717) is 0 Å². The van der Waals surface area contributed by atoms with Gasteiger partial charge in [0.25, 0.3) is 0 Å². The SMILES string of the molecule is CCc1cccc(C)c1N1CCN(C(=O)NCCC2=CCCCC2)CC1. The summed E-state index contributed by atoms with van der Waals surface area (Å²) < 4.78 is 0. The van der Waals surface area contributed by atoms with Gasteiger partial charge in [0, 0.05) is 38.4 Å². The molecule has 1 aliphatic carbocycles. The van der Waals surface area contributed by atoms with Crippen LogP contribution in [0.1, 0.15) is 50.2 Å². The molecule has 0 unspecified atom stereocenters. The Balaban J connectivity index is 1.47. The Hall–Kier alpha value is -1.97. The summed E-state index contributed by atoms with van der Waals surface area (Å²) in [6.45, 7) is 8.59. The van der Waals surface area contributed by atoms with Crippen LogP contribution < -0.4 is 10.2 Å². The van der Waals surface area contributed by atoms with Gasteiger partial charge in [0.05, 0.1) is 0 Å². The van der Waals surface area contributed by atoms with E-state index in [1.807, 2.05) is 4.90 Å². The zero-order chi connectivity index (χ0) is 18.4. The summed E-state index contributed by atoms with van der Waals surface area (Å²) in [5, 5.41) is 3.12. The van der Waals surface area contributed by atoms with Crippen LogP contribution in [-0.4, -0.2) is 43.7 Å². The molecule has 0 radical (unpaired) electrons. The van der Waals surface area contributed by atoms with E-state index in [4.69, 9.17) is 0 Å².